The normalized spacial score (nSPS) is 44.9. The Morgan fingerprint density at radius 2 is 2.10 bits per heavy atom. The molecule has 1 spiro atoms. The molecule has 0 aromatic rings. The van der Waals surface area contributed by atoms with Gasteiger partial charge in [0.2, 0.25) is 0 Å². The predicted octanol–water partition coefficient (Wildman–Crippen LogP) is 4.40. The van der Waals surface area contributed by atoms with Gasteiger partial charge in [-0.1, -0.05) is 32.6 Å². The second kappa shape index (κ2) is 6.80. The second-order valence-corrected chi connectivity index (χ2v) is 8.82. The lowest BCUT2D eigenvalue weighted by molar-refractivity contribution is -0.136. The number of hydrogen-bond acceptors (Lipinski definition) is 3. The van der Waals surface area contributed by atoms with Crippen molar-refractivity contribution in [1.29, 1.82) is 0 Å². The van der Waals surface area contributed by atoms with Gasteiger partial charge in [-0.15, -0.1) is 0 Å². The smallest absolute Gasteiger partial charge is 0.0784 e. The predicted molar refractivity (Wildman–Crippen MR) is 89.8 cm³/mol. The maximum Gasteiger partial charge on any atom is 0.0784 e. The molecule has 3 rings (SSSR count). The Balaban J connectivity index is 1.64. The third-order valence-corrected chi connectivity index (χ3v) is 7.45. The van der Waals surface area contributed by atoms with E-state index < -0.39 is 5.60 Å². The van der Waals surface area contributed by atoms with Gasteiger partial charge in [0.25, 0.3) is 0 Å². The zero-order chi connectivity index (χ0) is 14.8. The summed E-state index contributed by atoms with van der Waals surface area (Å²) in [5.74, 6) is 3.73. The van der Waals surface area contributed by atoms with Gasteiger partial charge in [0.15, 0.2) is 0 Å². The van der Waals surface area contributed by atoms with E-state index in [0.717, 1.165) is 44.0 Å². The van der Waals surface area contributed by atoms with Crippen LogP contribution in [0.5, 0.6) is 0 Å². The molecule has 1 aliphatic carbocycles. The van der Waals surface area contributed by atoms with Gasteiger partial charge in [-0.05, 0) is 56.1 Å². The average Bonchev–Trinajstić information content (AvgIpc) is 2.83. The standard InChI is InChI=1S/C18H32O2S/c1-2-4-15-5-3-8-18(19,9-6-15)16-7-11-20-17(13-16)10-12-21-14-17/h15-16,19H,2-14H2,1H3. The molecule has 4 atom stereocenters. The van der Waals surface area contributed by atoms with E-state index in [1.54, 1.807) is 0 Å². The Morgan fingerprint density at radius 1 is 1.19 bits per heavy atom. The Hall–Kier alpha value is 0.270. The fourth-order valence-electron chi connectivity index (χ4n) is 4.88. The topological polar surface area (TPSA) is 29.5 Å². The zero-order valence-corrected chi connectivity index (χ0v) is 14.4. The molecule has 2 aliphatic heterocycles. The van der Waals surface area contributed by atoms with Gasteiger partial charge in [0, 0.05) is 12.4 Å². The minimum atomic E-state index is -0.396. The fourth-order valence-corrected chi connectivity index (χ4v) is 6.25. The second-order valence-electron chi connectivity index (χ2n) is 7.71. The quantitative estimate of drug-likeness (QED) is 0.783. The van der Waals surface area contributed by atoms with Crippen molar-refractivity contribution >= 4 is 11.8 Å². The highest BCUT2D eigenvalue weighted by molar-refractivity contribution is 7.99. The van der Waals surface area contributed by atoms with Crippen molar-refractivity contribution in [3.8, 4) is 0 Å². The van der Waals surface area contributed by atoms with Crippen LogP contribution in [0.2, 0.25) is 0 Å². The molecule has 0 bridgehead atoms. The molecular formula is C18H32O2S. The summed E-state index contributed by atoms with van der Waals surface area (Å²) in [6.45, 7) is 3.16. The van der Waals surface area contributed by atoms with Crippen LogP contribution in [0.1, 0.15) is 71.1 Å². The summed E-state index contributed by atoms with van der Waals surface area (Å²) in [7, 11) is 0. The van der Waals surface area contributed by atoms with Crippen molar-refractivity contribution in [3.05, 3.63) is 0 Å². The van der Waals surface area contributed by atoms with Gasteiger partial charge in [0.1, 0.15) is 0 Å². The van der Waals surface area contributed by atoms with Gasteiger partial charge >= 0.3 is 0 Å². The van der Waals surface area contributed by atoms with Crippen molar-refractivity contribution in [3.63, 3.8) is 0 Å². The Labute approximate surface area is 134 Å². The molecule has 1 N–H and O–H groups in total. The van der Waals surface area contributed by atoms with Crippen LogP contribution in [-0.4, -0.2) is 34.4 Å². The average molecular weight is 313 g/mol. The van der Waals surface area contributed by atoms with E-state index in [9.17, 15) is 5.11 Å². The summed E-state index contributed by atoms with van der Waals surface area (Å²) in [6, 6.07) is 0. The van der Waals surface area contributed by atoms with Crippen LogP contribution in [0.3, 0.4) is 0 Å². The van der Waals surface area contributed by atoms with E-state index in [0.29, 0.717) is 5.92 Å². The number of thioether (sulfide) groups is 1. The van der Waals surface area contributed by atoms with Crippen LogP contribution in [0, 0.1) is 11.8 Å². The molecule has 0 aromatic heterocycles. The molecule has 3 heteroatoms. The number of ether oxygens (including phenoxy) is 1. The molecule has 3 aliphatic rings. The lowest BCUT2D eigenvalue weighted by atomic mass is 9.72. The van der Waals surface area contributed by atoms with Crippen LogP contribution < -0.4 is 0 Å². The summed E-state index contributed by atoms with van der Waals surface area (Å²) in [4.78, 5) is 0. The van der Waals surface area contributed by atoms with Crippen molar-refractivity contribution in [2.75, 3.05) is 18.1 Å². The molecule has 0 amide bonds. The summed E-state index contributed by atoms with van der Waals surface area (Å²) in [5, 5.41) is 11.3. The number of aliphatic hydroxyl groups is 1. The SMILES string of the molecule is CCCC1CCCC(O)(C2CCOC3(CCSC3)C2)CC1. The van der Waals surface area contributed by atoms with Crippen LogP contribution >= 0.6 is 11.8 Å². The van der Waals surface area contributed by atoms with Gasteiger partial charge in [-0.25, -0.2) is 0 Å². The van der Waals surface area contributed by atoms with Crippen LogP contribution in [0.25, 0.3) is 0 Å². The van der Waals surface area contributed by atoms with Gasteiger partial charge < -0.3 is 9.84 Å². The first-order valence-electron chi connectivity index (χ1n) is 9.10. The van der Waals surface area contributed by atoms with Crippen LogP contribution in [-0.2, 0) is 4.74 Å². The van der Waals surface area contributed by atoms with Gasteiger partial charge in [-0.2, -0.15) is 11.8 Å². The van der Waals surface area contributed by atoms with E-state index in [-0.39, 0.29) is 5.60 Å². The lowest BCUT2D eigenvalue weighted by Crippen LogP contribution is -2.48. The molecule has 3 fully saturated rings. The third-order valence-electron chi connectivity index (χ3n) is 6.22. The van der Waals surface area contributed by atoms with Crippen molar-refractivity contribution in [2.24, 2.45) is 11.8 Å². The Morgan fingerprint density at radius 3 is 2.86 bits per heavy atom. The van der Waals surface area contributed by atoms with Crippen molar-refractivity contribution in [1.82, 2.24) is 0 Å². The summed E-state index contributed by atoms with van der Waals surface area (Å²) < 4.78 is 6.15. The first-order chi connectivity index (χ1) is 10.2. The van der Waals surface area contributed by atoms with Crippen molar-refractivity contribution in [2.45, 2.75) is 82.3 Å². The van der Waals surface area contributed by atoms with E-state index in [2.05, 4.69) is 6.92 Å². The zero-order valence-electron chi connectivity index (χ0n) is 13.6. The molecule has 122 valence electrons. The minimum Gasteiger partial charge on any atom is -0.390 e. The highest BCUT2D eigenvalue weighted by Crippen LogP contribution is 2.47. The monoisotopic (exact) mass is 312 g/mol. The number of rotatable bonds is 3. The minimum absolute atomic E-state index is 0.110. The molecule has 21 heavy (non-hydrogen) atoms. The summed E-state index contributed by atoms with van der Waals surface area (Å²) in [6.07, 6.45) is 11.9. The number of hydrogen-bond donors (Lipinski definition) is 1. The first-order valence-corrected chi connectivity index (χ1v) is 10.3. The van der Waals surface area contributed by atoms with Crippen LogP contribution in [0.4, 0.5) is 0 Å². The largest absolute Gasteiger partial charge is 0.390 e. The highest BCUT2D eigenvalue weighted by atomic mass is 32.2. The Kier molecular flexibility index (Phi) is 5.23. The van der Waals surface area contributed by atoms with E-state index in [1.807, 2.05) is 11.8 Å². The molecule has 2 saturated heterocycles. The molecule has 0 radical (unpaired) electrons. The Bertz CT molecular complexity index is 340. The molecule has 0 aromatic carbocycles. The summed E-state index contributed by atoms with van der Waals surface area (Å²) in [5.41, 5.74) is -0.287. The fraction of sp³-hybridized carbons (Fsp3) is 1.00. The van der Waals surface area contributed by atoms with E-state index in [1.165, 1.54) is 44.3 Å². The maximum absolute atomic E-state index is 11.3. The molecule has 2 nitrogen and oxygen atoms in total. The van der Waals surface area contributed by atoms with E-state index >= 15 is 0 Å². The lowest BCUT2D eigenvalue weighted by Gasteiger charge is -2.45. The maximum atomic E-state index is 11.3. The molecular weight excluding hydrogens is 280 g/mol. The molecule has 4 unspecified atom stereocenters. The van der Waals surface area contributed by atoms with Gasteiger partial charge in [-0.3, -0.25) is 0 Å². The summed E-state index contributed by atoms with van der Waals surface area (Å²) >= 11 is 2.03. The first kappa shape index (κ1) is 16.1. The molecule has 2 heterocycles. The highest BCUT2D eigenvalue weighted by Gasteiger charge is 2.47. The molecule has 1 saturated carbocycles. The van der Waals surface area contributed by atoms with Crippen molar-refractivity contribution < 1.29 is 9.84 Å². The van der Waals surface area contributed by atoms with Crippen LogP contribution in [0.15, 0.2) is 0 Å². The third kappa shape index (κ3) is 3.61. The van der Waals surface area contributed by atoms with Gasteiger partial charge in [0.05, 0.1) is 11.2 Å². The van der Waals surface area contributed by atoms with E-state index in [4.69, 9.17) is 4.74 Å².